The molecule has 0 radical (unpaired) electrons. The zero-order chi connectivity index (χ0) is 15.9. The Morgan fingerprint density at radius 2 is 1.86 bits per heavy atom. The van der Waals surface area contributed by atoms with Gasteiger partial charge in [0.25, 0.3) is 0 Å². The van der Waals surface area contributed by atoms with Crippen LogP contribution in [0, 0.1) is 0 Å². The van der Waals surface area contributed by atoms with Crippen LogP contribution in [0.3, 0.4) is 0 Å². The number of amides is 1. The Kier molecular flexibility index (Phi) is 4.98. The van der Waals surface area contributed by atoms with E-state index >= 15 is 0 Å². The summed E-state index contributed by atoms with van der Waals surface area (Å²) in [5.41, 5.74) is 1.07. The van der Waals surface area contributed by atoms with Crippen LogP contribution in [-0.4, -0.2) is 24.3 Å². The Morgan fingerprint density at radius 3 is 2.55 bits per heavy atom. The number of esters is 1. The van der Waals surface area contributed by atoms with Crippen LogP contribution in [0.2, 0.25) is 0 Å². The first kappa shape index (κ1) is 15.4. The number of ether oxygens (including phenoxy) is 2. The fraction of sp³-hybridized carbons (Fsp3) is 0.125. The van der Waals surface area contributed by atoms with E-state index in [1.807, 2.05) is 30.3 Å². The molecule has 0 aliphatic heterocycles. The van der Waals surface area contributed by atoms with Gasteiger partial charge in [-0.15, -0.1) is 0 Å². The van der Waals surface area contributed by atoms with Crippen molar-refractivity contribution in [2.75, 3.05) is 12.4 Å². The molecule has 0 unspecified atom stereocenters. The van der Waals surface area contributed by atoms with E-state index in [1.165, 1.54) is 25.3 Å². The summed E-state index contributed by atoms with van der Waals surface area (Å²) in [5, 5.41) is 11.9. The standard InChI is InChI=1S/C16H15NO5/c1-21-15(19)13-8-7-12(18)9-14(13)17-16(20)22-10-11-5-3-2-4-6-11/h2-9,18H,10H2,1H3,(H,17,20). The van der Waals surface area contributed by atoms with Crippen molar-refractivity contribution in [3.05, 3.63) is 59.7 Å². The molecule has 0 aliphatic carbocycles. The van der Waals surface area contributed by atoms with E-state index in [-0.39, 0.29) is 23.6 Å². The molecule has 2 rings (SSSR count). The van der Waals surface area contributed by atoms with Crippen molar-refractivity contribution in [1.82, 2.24) is 0 Å². The van der Waals surface area contributed by atoms with Gasteiger partial charge in [-0.1, -0.05) is 30.3 Å². The van der Waals surface area contributed by atoms with E-state index in [0.29, 0.717) is 0 Å². The summed E-state index contributed by atoms with van der Waals surface area (Å²) in [4.78, 5) is 23.4. The first-order valence-corrected chi connectivity index (χ1v) is 6.49. The molecule has 6 nitrogen and oxygen atoms in total. The fourth-order valence-corrected chi connectivity index (χ4v) is 1.79. The lowest BCUT2D eigenvalue weighted by Gasteiger charge is -2.10. The predicted octanol–water partition coefficient (Wildman–Crippen LogP) is 2.93. The summed E-state index contributed by atoms with van der Waals surface area (Å²) in [7, 11) is 1.23. The van der Waals surface area contributed by atoms with Crippen LogP contribution in [-0.2, 0) is 16.1 Å². The maximum atomic E-state index is 11.8. The Hall–Kier alpha value is -3.02. The van der Waals surface area contributed by atoms with Gasteiger partial charge in [-0.05, 0) is 17.7 Å². The zero-order valence-corrected chi connectivity index (χ0v) is 11.9. The molecular weight excluding hydrogens is 286 g/mol. The highest BCUT2D eigenvalue weighted by molar-refractivity contribution is 6.00. The molecule has 114 valence electrons. The molecular formula is C16H15NO5. The smallest absolute Gasteiger partial charge is 0.411 e. The average molecular weight is 301 g/mol. The first-order valence-electron chi connectivity index (χ1n) is 6.49. The number of hydrogen-bond acceptors (Lipinski definition) is 5. The Balaban J connectivity index is 2.04. The maximum absolute atomic E-state index is 11.8. The average Bonchev–Trinajstić information content (AvgIpc) is 2.53. The Morgan fingerprint density at radius 1 is 1.14 bits per heavy atom. The largest absolute Gasteiger partial charge is 0.508 e. The molecule has 22 heavy (non-hydrogen) atoms. The summed E-state index contributed by atoms with van der Waals surface area (Å²) in [5.74, 6) is -0.718. The van der Waals surface area contributed by atoms with Gasteiger partial charge in [0.1, 0.15) is 12.4 Å². The molecule has 2 N–H and O–H groups in total. The molecule has 0 bridgehead atoms. The minimum absolute atomic E-state index is 0.0917. The predicted molar refractivity (Wildman–Crippen MR) is 79.7 cm³/mol. The molecule has 1 amide bonds. The van der Waals surface area contributed by atoms with Gasteiger partial charge < -0.3 is 14.6 Å². The number of hydrogen-bond donors (Lipinski definition) is 2. The van der Waals surface area contributed by atoms with Gasteiger partial charge in [-0.2, -0.15) is 0 Å². The lowest BCUT2D eigenvalue weighted by molar-refractivity contribution is 0.0602. The number of methoxy groups -OCH3 is 1. The van der Waals surface area contributed by atoms with E-state index in [2.05, 4.69) is 10.1 Å². The molecule has 0 aliphatic rings. The summed E-state index contributed by atoms with van der Waals surface area (Å²) in [6.45, 7) is 0.0963. The van der Waals surface area contributed by atoms with Crippen LogP contribution >= 0.6 is 0 Å². The molecule has 0 spiro atoms. The van der Waals surface area contributed by atoms with Crippen molar-refractivity contribution < 1.29 is 24.2 Å². The van der Waals surface area contributed by atoms with E-state index in [9.17, 15) is 14.7 Å². The van der Waals surface area contributed by atoms with Crippen molar-refractivity contribution in [3.8, 4) is 5.75 Å². The highest BCUT2D eigenvalue weighted by atomic mass is 16.5. The van der Waals surface area contributed by atoms with Crippen LogP contribution in [0.15, 0.2) is 48.5 Å². The molecule has 0 fully saturated rings. The monoisotopic (exact) mass is 301 g/mol. The maximum Gasteiger partial charge on any atom is 0.411 e. The van der Waals surface area contributed by atoms with Gasteiger partial charge in [0.05, 0.1) is 18.4 Å². The van der Waals surface area contributed by atoms with Crippen molar-refractivity contribution in [1.29, 1.82) is 0 Å². The second kappa shape index (κ2) is 7.12. The third-order valence-electron chi connectivity index (χ3n) is 2.86. The van der Waals surface area contributed by atoms with E-state index in [0.717, 1.165) is 5.56 Å². The minimum Gasteiger partial charge on any atom is -0.508 e. The number of nitrogens with one attached hydrogen (secondary N) is 1. The second-order valence-electron chi connectivity index (χ2n) is 4.41. The number of carbonyl (C=O) groups excluding carboxylic acids is 2. The molecule has 0 atom stereocenters. The van der Waals surface area contributed by atoms with E-state index in [4.69, 9.17) is 4.74 Å². The lowest BCUT2D eigenvalue weighted by atomic mass is 10.1. The molecule has 0 aromatic heterocycles. The minimum atomic E-state index is -0.736. The molecule has 0 saturated heterocycles. The third kappa shape index (κ3) is 3.99. The van der Waals surface area contributed by atoms with Crippen molar-refractivity contribution >= 4 is 17.7 Å². The lowest BCUT2D eigenvalue weighted by Crippen LogP contribution is -2.16. The molecule has 0 saturated carbocycles. The second-order valence-corrected chi connectivity index (χ2v) is 4.41. The number of aromatic hydroxyl groups is 1. The van der Waals surface area contributed by atoms with Gasteiger partial charge in [-0.25, -0.2) is 9.59 Å². The van der Waals surface area contributed by atoms with Gasteiger partial charge >= 0.3 is 12.1 Å². The van der Waals surface area contributed by atoms with Crippen LogP contribution in [0.25, 0.3) is 0 Å². The molecule has 2 aromatic carbocycles. The van der Waals surface area contributed by atoms with E-state index < -0.39 is 12.1 Å². The van der Waals surface area contributed by atoms with Crippen molar-refractivity contribution in [3.63, 3.8) is 0 Å². The number of phenolic OH excluding ortho intramolecular Hbond substituents is 1. The summed E-state index contributed by atoms with van der Waals surface area (Å²) in [6, 6.07) is 13.1. The Bertz CT molecular complexity index is 669. The number of carbonyl (C=O) groups is 2. The van der Waals surface area contributed by atoms with Crippen LogP contribution < -0.4 is 5.32 Å². The molecule has 2 aromatic rings. The summed E-state index contributed by atoms with van der Waals surface area (Å²) >= 11 is 0. The summed E-state index contributed by atoms with van der Waals surface area (Å²) in [6.07, 6.45) is -0.736. The SMILES string of the molecule is COC(=O)c1ccc(O)cc1NC(=O)OCc1ccccc1. The fourth-order valence-electron chi connectivity index (χ4n) is 1.79. The topological polar surface area (TPSA) is 84.9 Å². The number of phenols is 1. The molecule has 6 heteroatoms. The van der Waals surface area contributed by atoms with Gasteiger partial charge in [0, 0.05) is 6.07 Å². The van der Waals surface area contributed by atoms with Crippen LogP contribution in [0.5, 0.6) is 5.75 Å². The van der Waals surface area contributed by atoms with Crippen molar-refractivity contribution in [2.24, 2.45) is 0 Å². The quantitative estimate of drug-likeness (QED) is 0.848. The van der Waals surface area contributed by atoms with E-state index in [1.54, 1.807) is 0 Å². The van der Waals surface area contributed by atoms with Crippen molar-refractivity contribution in [2.45, 2.75) is 6.61 Å². The van der Waals surface area contributed by atoms with Gasteiger partial charge in [-0.3, -0.25) is 5.32 Å². The highest BCUT2D eigenvalue weighted by Crippen LogP contribution is 2.22. The first-order chi connectivity index (χ1) is 10.6. The van der Waals surface area contributed by atoms with Crippen LogP contribution in [0.4, 0.5) is 10.5 Å². The normalized spacial score (nSPS) is 9.86. The number of rotatable bonds is 4. The Labute approximate surface area is 127 Å². The van der Waals surface area contributed by atoms with Gasteiger partial charge in [0.2, 0.25) is 0 Å². The third-order valence-corrected chi connectivity index (χ3v) is 2.86. The number of benzene rings is 2. The van der Waals surface area contributed by atoms with Gasteiger partial charge in [0.15, 0.2) is 0 Å². The summed E-state index contributed by atoms with van der Waals surface area (Å²) < 4.78 is 9.67. The number of anilines is 1. The van der Waals surface area contributed by atoms with Crippen LogP contribution in [0.1, 0.15) is 15.9 Å². The highest BCUT2D eigenvalue weighted by Gasteiger charge is 2.15. The molecule has 0 heterocycles. The zero-order valence-electron chi connectivity index (χ0n) is 11.9.